The first-order chi connectivity index (χ1) is 9.49. The van der Waals surface area contributed by atoms with E-state index in [0.29, 0.717) is 10.9 Å². The fraction of sp³-hybridized carbons (Fsp3) is 0.462. The fourth-order valence-corrected chi connectivity index (χ4v) is 1.98. The van der Waals surface area contributed by atoms with Gasteiger partial charge in [0.15, 0.2) is 11.9 Å². The van der Waals surface area contributed by atoms with Gasteiger partial charge in [-0.2, -0.15) is 0 Å². The molecular formula is C13H16BrNO5. The highest BCUT2D eigenvalue weighted by Crippen LogP contribution is 2.31. The third-order valence-corrected chi connectivity index (χ3v) is 3.16. The van der Waals surface area contributed by atoms with Gasteiger partial charge < -0.3 is 9.47 Å². The van der Waals surface area contributed by atoms with Crippen molar-refractivity contribution in [2.45, 2.75) is 32.3 Å². The second-order valence-corrected chi connectivity index (χ2v) is 5.06. The Bertz CT molecular complexity index is 492. The quantitative estimate of drug-likeness (QED) is 0.429. The molecule has 1 unspecified atom stereocenters. The van der Waals surface area contributed by atoms with Crippen LogP contribution in [0.1, 0.15) is 26.2 Å². The molecule has 0 aromatic heterocycles. The van der Waals surface area contributed by atoms with E-state index in [-0.39, 0.29) is 11.4 Å². The topological polar surface area (TPSA) is 78.7 Å². The molecule has 1 rings (SSSR count). The molecule has 110 valence electrons. The zero-order valence-corrected chi connectivity index (χ0v) is 12.9. The number of halogens is 1. The molecule has 6 nitrogen and oxygen atoms in total. The second-order valence-electron chi connectivity index (χ2n) is 4.14. The van der Waals surface area contributed by atoms with Crippen molar-refractivity contribution in [3.63, 3.8) is 0 Å². The highest BCUT2D eigenvalue weighted by Gasteiger charge is 2.25. The molecule has 1 aromatic carbocycles. The van der Waals surface area contributed by atoms with Gasteiger partial charge in [0.05, 0.1) is 12.0 Å². The van der Waals surface area contributed by atoms with Crippen LogP contribution in [0.15, 0.2) is 22.7 Å². The van der Waals surface area contributed by atoms with Gasteiger partial charge in [0, 0.05) is 10.5 Å². The van der Waals surface area contributed by atoms with Crippen LogP contribution in [-0.4, -0.2) is 24.1 Å². The summed E-state index contributed by atoms with van der Waals surface area (Å²) in [5.41, 5.74) is -0.190. The first kappa shape index (κ1) is 16.4. The Morgan fingerprint density at radius 3 is 2.75 bits per heavy atom. The van der Waals surface area contributed by atoms with Gasteiger partial charge in [-0.3, -0.25) is 10.1 Å². The summed E-state index contributed by atoms with van der Waals surface area (Å²) >= 11 is 3.16. The van der Waals surface area contributed by atoms with Crippen LogP contribution in [0.3, 0.4) is 0 Å². The number of hydrogen-bond acceptors (Lipinski definition) is 5. The number of esters is 1. The van der Waals surface area contributed by atoms with E-state index in [1.807, 2.05) is 6.92 Å². The van der Waals surface area contributed by atoms with Gasteiger partial charge in [-0.25, -0.2) is 4.79 Å². The summed E-state index contributed by atoms with van der Waals surface area (Å²) in [6.07, 6.45) is 1.28. The molecule has 1 aromatic rings. The Kier molecular flexibility index (Phi) is 6.44. The van der Waals surface area contributed by atoms with Crippen LogP contribution in [0.25, 0.3) is 0 Å². The number of methoxy groups -OCH3 is 1. The third kappa shape index (κ3) is 4.48. The summed E-state index contributed by atoms with van der Waals surface area (Å²) < 4.78 is 10.7. The number of nitro groups is 1. The van der Waals surface area contributed by atoms with Gasteiger partial charge in [-0.1, -0.05) is 29.3 Å². The molecule has 0 saturated carbocycles. The molecule has 1 atom stereocenters. The van der Waals surface area contributed by atoms with E-state index in [0.717, 1.165) is 12.8 Å². The maximum absolute atomic E-state index is 11.6. The fourth-order valence-electron chi connectivity index (χ4n) is 1.63. The lowest BCUT2D eigenvalue weighted by Crippen LogP contribution is -2.28. The molecule has 0 aliphatic rings. The number of carbonyl (C=O) groups excluding carboxylic acids is 1. The lowest BCUT2D eigenvalue weighted by molar-refractivity contribution is -0.386. The maximum Gasteiger partial charge on any atom is 0.347 e. The number of carbonyl (C=O) groups is 1. The van der Waals surface area contributed by atoms with E-state index in [1.165, 1.54) is 19.2 Å². The number of hydrogen-bond donors (Lipinski definition) is 0. The zero-order chi connectivity index (χ0) is 15.1. The smallest absolute Gasteiger partial charge is 0.347 e. The Labute approximate surface area is 125 Å². The first-order valence-corrected chi connectivity index (χ1v) is 6.97. The van der Waals surface area contributed by atoms with E-state index in [9.17, 15) is 14.9 Å². The molecule has 0 N–H and O–H groups in total. The van der Waals surface area contributed by atoms with E-state index in [2.05, 4.69) is 20.7 Å². The minimum absolute atomic E-state index is 0.0599. The van der Waals surface area contributed by atoms with Crippen LogP contribution in [0, 0.1) is 10.1 Å². The lowest BCUT2D eigenvalue weighted by atomic mass is 10.1. The average Bonchev–Trinajstić information content (AvgIpc) is 2.43. The van der Waals surface area contributed by atoms with Crippen LogP contribution in [0.2, 0.25) is 0 Å². The Morgan fingerprint density at radius 1 is 1.50 bits per heavy atom. The van der Waals surface area contributed by atoms with E-state index in [4.69, 9.17) is 4.74 Å². The zero-order valence-electron chi connectivity index (χ0n) is 11.3. The van der Waals surface area contributed by atoms with Crippen LogP contribution in [0.4, 0.5) is 5.69 Å². The largest absolute Gasteiger partial charge is 0.472 e. The van der Waals surface area contributed by atoms with Crippen LogP contribution in [0.5, 0.6) is 5.75 Å². The van der Waals surface area contributed by atoms with Gasteiger partial charge in [0.25, 0.3) is 0 Å². The van der Waals surface area contributed by atoms with Crippen molar-refractivity contribution in [2.75, 3.05) is 7.11 Å². The SMILES string of the molecule is CCCCC(Oc1ccc(Br)cc1[N+](=O)[O-])C(=O)OC. The van der Waals surface area contributed by atoms with Crippen LogP contribution < -0.4 is 4.74 Å². The normalized spacial score (nSPS) is 11.8. The number of nitrogens with zero attached hydrogens (tertiary/aromatic N) is 1. The number of nitro benzene ring substituents is 1. The number of ether oxygens (including phenoxy) is 2. The van der Waals surface area contributed by atoms with Crippen molar-refractivity contribution in [1.82, 2.24) is 0 Å². The summed E-state index contributed by atoms with van der Waals surface area (Å²) in [6.45, 7) is 1.98. The van der Waals surface area contributed by atoms with Crippen molar-refractivity contribution in [2.24, 2.45) is 0 Å². The van der Waals surface area contributed by atoms with Gasteiger partial charge in [0.1, 0.15) is 0 Å². The number of rotatable bonds is 7. The van der Waals surface area contributed by atoms with Crippen LogP contribution in [-0.2, 0) is 9.53 Å². The standard InChI is InChI=1S/C13H16BrNO5/c1-3-4-5-12(13(16)19-2)20-11-7-6-9(14)8-10(11)15(17)18/h6-8,12H,3-5H2,1-2H3. The molecule has 0 fully saturated rings. The minimum Gasteiger partial charge on any atom is -0.472 e. The molecule has 0 spiro atoms. The summed E-state index contributed by atoms with van der Waals surface area (Å²) in [6, 6.07) is 4.42. The number of unbranched alkanes of at least 4 members (excludes halogenated alkanes) is 1. The predicted molar refractivity (Wildman–Crippen MR) is 76.8 cm³/mol. The summed E-state index contributed by atoms with van der Waals surface area (Å²) in [5.74, 6) is -0.472. The van der Waals surface area contributed by atoms with Crippen molar-refractivity contribution in [3.8, 4) is 5.75 Å². The van der Waals surface area contributed by atoms with E-state index >= 15 is 0 Å². The highest BCUT2D eigenvalue weighted by molar-refractivity contribution is 9.10. The molecule has 20 heavy (non-hydrogen) atoms. The van der Waals surface area contributed by atoms with Crippen molar-refractivity contribution in [1.29, 1.82) is 0 Å². The van der Waals surface area contributed by atoms with Crippen molar-refractivity contribution < 1.29 is 19.2 Å². The molecule has 7 heteroatoms. The molecule has 0 amide bonds. The monoisotopic (exact) mass is 345 g/mol. The molecule has 0 saturated heterocycles. The van der Waals surface area contributed by atoms with Crippen molar-refractivity contribution in [3.05, 3.63) is 32.8 Å². The van der Waals surface area contributed by atoms with Gasteiger partial charge in [-0.15, -0.1) is 0 Å². The Hall–Kier alpha value is -1.63. The van der Waals surface area contributed by atoms with Gasteiger partial charge in [0.2, 0.25) is 0 Å². The summed E-state index contributed by atoms with van der Waals surface area (Å²) in [4.78, 5) is 22.1. The van der Waals surface area contributed by atoms with Crippen molar-refractivity contribution >= 4 is 27.6 Å². The summed E-state index contributed by atoms with van der Waals surface area (Å²) in [5, 5.41) is 11.0. The first-order valence-electron chi connectivity index (χ1n) is 6.18. The van der Waals surface area contributed by atoms with Gasteiger partial charge >= 0.3 is 11.7 Å². The average molecular weight is 346 g/mol. The Morgan fingerprint density at radius 2 is 2.20 bits per heavy atom. The summed E-state index contributed by atoms with van der Waals surface area (Å²) in [7, 11) is 1.26. The van der Waals surface area contributed by atoms with E-state index in [1.54, 1.807) is 6.07 Å². The molecule has 0 radical (unpaired) electrons. The molecule has 0 heterocycles. The number of benzene rings is 1. The molecule has 0 aliphatic carbocycles. The molecule has 0 bridgehead atoms. The van der Waals surface area contributed by atoms with Crippen LogP contribution >= 0.6 is 15.9 Å². The van der Waals surface area contributed by atoms with Gasteiger partial charge in [-0.05, 0) is 25.0 Å². The third-order valence-electron chi connectivity index (χ3n) is 2.67. The molecule has 0 aliphatic heterocycles. The molecular weight excluding hydrogens is 330 g/mol. The second kappa shape index (κ2) is 7.84. The predicted octanol–water partition coefficient (Wildman–Crippen LogP) is 3.47. The van der Waals surface area contributed by atoms with E-state index < -0.39 is 17.0 Å². The minimum atomic E-state index is -0.833. The highest BCUT2D eigenvalue weighted by atomic mass is 79.9. The maximum atomic E-state index is 11.6. The lowest BCUT2D eigenvalue weighted by Gasteiger charge is -2.16. The Balaban J connectivity index is 2.98.